The number of quaternary nitrogens is 1. The molecule has 0 spiro atoms. The molecule has 1 atom stereocenters. The second kappa shape index (κ2) is 8.07. The molecule has 3 N–H and O–H groups in total. The fourth-order valence-electron chi connectivity index (χ4n) is 3.16. The highest BCUT2D eigenvalue weighted by atomic mass is 32.1. The summed E-state index contributed by atoms with van der Waals surface area (Å²) in [5.41, 5.74) is 5.70. The lowest BCUT2D eigenvalue weighted by atomic mass is 10.1. The van der Waals surface area contributed by atoms with Gasteiger partial charge in [-0.2, -0.15) is 0 Å². The number of hydrogen-bond donors (Lipinski definition) is 2. The van der Waals surface area contributed by atoms with Crippen LogP contribution in [0.5, 0.6) is 0 Å². The summed E-state index contributed by atoms with van der Waals surface area (Å²) >= 11 is 1.59. The Hall–Kier alpha value is -2.78. The molecule has 3 aromatic rings. The number of nitrogens with one attached hydrogen (secondary N) is 1. The van der Waals surface area contributed by atoms with Gasteiger partial charge in [-0.05, 0) is 18.6 Å². The van der Waals surface area contributed by atoms with Crippen molar-refractivity contribution >= 4 is 33.2 Å². The van der Waals surface area contributed by atoms with Crippen LogP contribution in [0.25, 0.3) is 10.2 Å². The van der Waals surface area contributed by atoms with Crippen molar-refractivity contribution < 1.29 is 9.69 Å². The third-order valence-electron chi connectivity index (χ3n) is 4.56. The van der Waals surface area contributed by atoms with E-state index in [0.29, 0.717) is 19.5 Å². The minimum Gasteiger partial charge on any atom is -0.384 e. The Morgan fingerprint density at radius 3 is 2.68 bits per heavy atom. The van der Waals surface area contributed by atoms with Crippen LogP contribution in [0.3, 0.4) is 0 Å². The molecule has 0 amide bonds. The zero-order valence-corrected chi connectivity index (χ0v) is 17.0. The summed E-state index contributed by atoms with van der Waals surface area (Å²) < 4.78 is 3.33. The molecule has 9 heteroatoms. The first-order valence-corrected chi connectivity index (χ1v) is 9.93. The van der Waals surface area contributed by atoms with Gasteiger partial charge in [0.25, 0.3) is 5.56 Å². The van der Waals surface area contributed by atoms with Crippen LogP contribution in [0.1, 0.15) is 28.7 Å². The lowest BCUT2D eigenvalue weighted by Crippen LogP contribution is -3.08. The van der Waals surface area contributed by atoms with Gasteiger partial charge in [0.1, 0.15) is 29.5 Å². The smallest absolute Gasteiger partial charge is 0.332 e. The Morgan fingerprint density at radius 1 is 1.29 bits per heavy atom. The van der Waals surface area contributed by atoms with Gasteiger partial charge in [0.05, 0.1) is 17.3 Å². The van der Waals surface area contributed by atoms with E-state index in [2.05, 4.69) is 4.98 Å². The molecule has 2 heterocycles. The van der Waals surface area contributed by atoms with Gasteiger partial charge in [0, 0.05) is 13.6 Å². The van der Waals surface area contributed by atoms with E-state index < -0.39 is 11.2 Å². The number of rotatable bonds is 7. The molecule has 0 aliphatic carbocycles. The van der Waals surface area contributed by atoms with Crippen molar-refractivity contribution in [3.8, 4) is 0 Å². The monoisotopic (exact) mass is 402 g/mol. The molecular formula is C19H24N5O3S+. The molecule has 2 aromatic heterocycles. The van der Waals surface area contributed by atoms with E-state index in [1.165, 1.54) is 11.6 Å². The summed E-state index contributed by atoms with van der Waals surface area (Å²) in [6.45, 7) is 2.89. The number of fused-ring (bicyclic) bond motifs is 1. The average molecular weight is 403 g/mol. The minimum absolute atomic E-state index is 0.0484. The standard InChI is InChI=1S/C19H23N5O3S/c1-4-9-24-17(20)16(18(26)23(3)19(24)27)13(25)10-22(2)11-15-21-12-7-5-6-8-14(12)28-15/h5-8H,4,9-11,20H2,1-3H3/p+1. The van der Waals surface area contributed by atoms with Crippen LogP contribution in [0.4, 0.5) is 5.82 Å². The lowest BCUT2D eigenvalue weighted by molar-refractivity contribution is -0.884. The van der Waals surface area contributed by atoms with Crippen molar-refractivity contribution in [1.82, 2.24) is 14.1 Å². The number of likely N-dealkylation sites (N-methyl/N-ethyl adjacent to an activating group) is 1. The molecule has 0 saturated carbocycles. The van der Waals surface area contributed by atoms with E-state index in [1.54, 1.807) is 11.3 Å². The van der Waals surface area contributed by atoms with Gasteiger partial charge >= 0.3 is 5.69 Å². The van der Waals surface area contributed by atoms with Gasteiger partial charge in [-0.3, -0.25) is 18.7 Å². The van der Waals surface area contributed by atoms with Crippen LogP contribution in [0.2, 0.25) is 0 Å². The summed E-state index contributed by atoms with van der Waals surface area (Å²) in [5, 5.41) is 0.920. The van der Waals surface area contributed by atoms with Crippen molar-refractivity contribution in [1.29, 1.82) is 0 Å². The molecular weight excluding hydrogens is 378 g/mol. The number of aromatic nitrogens is 3. The van der Waals surface area contributed by atoms with Crippen LogP contribution in [-0.4, -0.2) is 33.5 Å². The molecule has 148 valence electrons. The van der Waals surface area contributed by atoms with Crippen LogP contribution in [0, 0.1) is 0 Å². The molecule has 8 nitrogen and oxygen atoms in total. The molecule has 0 fully saturated rings. The molecule has 0 saturated heterocycles. The van der Waals surface area contributed by atoms with Gasteiger partial charge in [0.15, 0.2) is 0 Å². The van der Waals surface area contributed by atoms with Crippen molar-refractivity contribution in [2.45, 2.75) is 26.4 Å². The summed E-state index contributed by atoms with van der Waals surface area (Å²) in [6, 6.07) is 7.87. The second-order valence-corrected chi connectivity index (χ2v) is 7.98. The number of carbonyl (C=O) groups excluding carboxylic acids is 1. The van der Waals surface area contributed by atoms with Crippen LogP contribution < -0.4 is 21.9 Å². The first-order valence-electron chi connectivity index (χ1n) is 9.11. The fourth-order valence-corrected chi connectivity index (χ4v) is 4.24. The third-order valence-corrected chi connectivity index (χ3v) is 5.60. The zero-order chi connectivity index (χ0) is 20.4. The molecule has 0 aliphatic heterocycles. The fraction of sp³-hybridized carbons (Fsp3) is 0.368. The molecule has 1 unspecified atom stereocenters. The Balaban J connectivity index is 1.84. The number of para-hydroxylation sites is 1. The normalized spacial score (nSPS) is 12.4. The summed E-state index contributed by atoms with van der Waals surface area (Å²) in [6.07, 6.45) is 0.665. The maximum atomic E-state index is 12.8. The molecule has 28 heavy (non-hydrogen) atoms. The zero-order valence-electron chi connectivity index (χ0n) is 16.2. The molecule has 0 radical (unpaired) electrons. The number of nitrogens with zero attached hydrogens (tertiary/aromatic N) is 3. The predicted octanol–water partition coefficient (Wildman–Crippen LogP) is 0.0465. The van der Waals surface area contributed by atoms with Crippen LogP contribution in [-0.2, 0) is 20.1 Å². The van der Waals surface area contributed by atoms with Crippen molar-refractivity contribution in [3.63, 3.8) is 0 Å². The maximum absolute atomic E-state index is 12.8. The quantitative estimate of drug-likeness (QED) is 0.543. The number of nitrogen functional groups attached to an aromatic ring is 1. The van der Waals surface area contributed by atoms with Crippen molar-refractivity contribution in [2.75, 3.05) is 19.3 Å². The average Bonchev–Trinajstić information content (AvgIpc) is 3.05. The molecule has 0 aliphatic rings. The Bertz CT molecular complexity index is 1110. The molecule has 1 aromatic carbocycles. The predicted molar refractivity (Wildman–Crippen MR) is 110 cm³/mol. The first kappa shape index (κ1) is 20.0. The largest absolute Gasteiger partial charge is 0.384 e. The second-order valence-electron chi connectivity index (χ2n) is 6.87. The third kappa shape index (κ3) is 3.76. The van der Waals surface area contributed by atoms with Gasteiger partial charge in [-0.1, -0.05) is 19.1 Å². The number of carbonyl (C=O) groups is 1. The van der Waals surface area contributed by atoms with Gasteiger partial charge in [-0.15, -0.1) is 11.3 Å². The number of Topliss-reactive ketones (excluding diaryl/α,β-unsaturated/α-hetero) is 1. The number of anilines is 1. The number of nitrogens with two attached hydrogens (primary N) is 1. The summed E-state index contributed by atoms with van der Waals surface area (Å²) in [7, 11) is 3.23. The number of benzene rings is 1. The molecule has 3 rings (SSSR count). The minimum atomic E-state index is -0.646. The number of hydrogen-bond acceptors (Lipinski definition) is 6. The van der Waals surface area contributed by atoms with Crippen LogP contribution >= 0.6 is 11.3 Å². The van der Waals surface area contributed by atoms with Crippen molar-refractivity contribution in [2.24, 2.45) is 7.05 Å². The molecule has 0 bridgehead atoms. The van der Waals surface area contributed by atoms with E-state index in [9.17, 15) is 14.4 Å². The van der Waals surface area contributed by atoms with Crippen molar-refractivity contribution in [3.05, 3.63) is 55.7 Å². The van der Waals surface area contributed by atoms with E-state index in [4.69, 9.17) is 5.73 Å². The van der Waals surface area contributed by atoms with Gasteiger partial charge < -0.3 is 10.6 Å². The number of thiazole rings is 1. The number of ketones is 1. The first-order chi connectivity index (χ1) is 13.3. The highest BCUT2D eigenvalue weighted by molar-refractivity contribution is 7.18. The van der Waals surface area contributed by atoms with Crippen LogP contribution in [0.15, 0.2) is 33.9 Å². The summed E-state index contributed by atoms with van der Waals surface area (Å²) in [5.74, 6) is -0.422. The Labute approximate surface area is 165 Å². The van der Waals surface area contributed by atoms with E-state index in [1.807, 2.05) is 38.2 Å². The SMILES string of the molecule is CCCn1c(N)c(C(=O)C[NH+](C)Cc2nc3ccccc3s2)c(=O)n(C)c1=O. The highest BCUT2D eigenvalue weighted by Gasteiger charge is 2.24. The topological polar surface area (TPSA) is 104 Å². The Morgan fingerprint density at radius 2 is 2.00 bits per heavy atom. The summed E-state index contributed by atoms with van der Waals surface area (Å²) in [4.78, 5) is 43.0. The maximum Gasteiger partial charge on any atom is 0.332 e. The Kier molecular flexibility index (Phi) is 5.76. The van der Waals surface area contributed by atoms with E-state index in [0.717, 1.165) is 24.7 Å². The lowest BCUT2D eigenvalue weighted by Gasteiger charge is -2.15. The van der Waals surface area contributed by atoms with E-state index >= 15 is 0 Å². The van der Waals surface area contributed by atoms with E-state index in [-0.39, 0.29) is 23.7 Å². The van der Waals surface area contributed by atoms with Gasteiger partial charge in [-0.25, -0.2) is 9.78 Å². The highest BCUT2D eigenvalue weighted by Crippen LogP contribution is 2.20. The van der Waals surface area contributed by atoms with Gasteiger partial charge in [0.2, 0.25) is 5.78 Å².